The fourth-order valence-electron chi connectivity index (χ4n) is 1.82. The van der Waals surface area contributed by atoms with E-state index in [4.69, 9.17) is 4.74 Å². The zero-order valence-electron chi connectivity index (χ0n) is 11.1. The molecule has 0 amide bonds. The first-order chi connectivity index (χ1) is 9.51. The largest absolute Gasteiger partial charge is 0.496 e. The van der Waals surface area contributed by atoms with Gasteiger partial charge in [0, 0.05) is 12.4 Å². The maximum absolute atomic E-state index is 13.2. The van der Waals surface area contributed by atoms with Crippen LogP contribution in [0.2, 0.25) is 0 Å². The van der Waals surface area contributed by atoms with Crippen LogP contribution in [0.25, 0.3) is 0 Å². The molecule has 0 aliphatic heterocycles. The Morgan fingerprint density at radius 1 is 1.45 bits per heavy atom. The number of benzene rings is 1. The standard InChI is InChI=1S/C14H13FN2O3/c1-9-6-16-14(19)17(7-9)8-12(18)11-5-10(15)3-4-13(11)20-2/h3-7H,8H2,1-2H3. The van der Waals surface area contributed by atoms with Crippen LogP contribution in [0.3, 0.4) is 0 Å². The number of rotatable bonds is 4. The molecule has 0 unspecified atom stereocenters. The van der Waals surface area contributed by atoms with Crippen LogP contribution in [0.1, 0.15) is 15.9 Å². The second kappa shape index (κ2) is 5.64. The average Bonchev–Trinajstić information content (AvgIpc) is 2.42. The number of aryl methyl sites for hydroxylation is 1. The fraction of sp³-hybridized carbons (Fsp3) is 0.214. The van der Waals surface area contributed by atoms with Crippen LogP contribution in [-0.4, -0.2) is 22.4 Å². The highest BCUT2D eigenvalue weighted by atomic mass is 19.1. The normalized spacial score (nSPS) is 10.3. The SMILES string of the molecule is COc1ccc(F)cc1C(=O)Cn1cc(C)cnc1=O. The van der Waals surface area contributed by atoms with Gasteiger partial charge in [0.1, 0.15) is 11.6 Å². The Kier molecular flexibility index (Phi) is 3.93. The number of carbonyl (C=O) groups excluding carboxylic acids is 1. The predicted octanol–water partition coefficient (Wildman–Crippen LogP) is 1.58. The number of hydrogen-bond donors (Lipinski definition) is 0. The third-order valence-corrected chi connectivity index (χ3v) is 2.76. The van der Waals surface area contributed by atoms with E-state index in [-0.39, 0.29) is 17.9 Å². The Balaban J connectivity index is 2.35. The van der Waals surface area contributed by atoms with Gasteiger partial charge in [0.05, 0.1) is 19.2 Å². The van der Waals surface area contributed by atoms with Crippen LogP contribution in [0.15, 0.2) is 35.4 Å². The van der Waals surface area contributed by atoms with E-state index in [0.29, 0.717) is 0 Å². The van der Waals surface area contributed by atoms with E-state index < -0.39 is 17.3 Å². The summed E-state index contributed by atoms with van der Waals surface area (Å²) in [5, 5.41) is 0. The molecule has 0 bridgehead atoms. The summed E-state index contributed by atoms with van der Waals surface area (Å²) in [4.78, 5) is 27.4. The van der Waals surface area contributed by atoms with Crippen LogP contribution in [0.5, 0.6) is 5.75 Å². The van der Waals surface area contributed by atoms with Gasteiger partial charge in [-0.25, -0.2) is 14.2 Å². The number of methoxy groups -OCH3 is 1. The van der Waals surface area contributed by atoms with E-state index in [1.165, 1.54) is 36.2 Å². The highest BCUT2D eigenvalue weighted by Crippen LogP contribution is 2.20. The maximum Gasteiger partial charge on any atom is 0.347 e. The third-order valence-electron chi connectivity index (χ3n) is 2.76. The van der Waals surface area contributed by atoms with Crippen molar-refractivity contribution in [3.05, 3.63) is 58.0 Å². The van der Waals surface area contributed by atoms with Crippen molar-refractivity contribution in [1.29, 1.82) is 0 Å². The van der Waals surface area contributed by atoms with E-state index in [1.807, 2.05) is 0 Å². The minimum Gasteiger partial charge on any atom is -0.496 e. The molecule has 1 aromatic carbocycles. The zero-order chi connectivity index (χ0) is 14.7. The molecule has 0 N–H and O–H groups in total. The third kappa shape index (κ3) is 2.90. The molecule has 2 aromatic rings. The first-order valence-corrected chi connectivity index (χ1v) is 5.91. The van der Waals surface area contributed by atoms with Crippen LogP contribution in [0.4, 0.5) is 4.39 Å². The summed E-state index contributed by atoms with van der Waals surface area (Å²) in [6, 6.07) is 3.67. The summed E-state index contributed by atoms with van der Waals surface area (Å²) >= 11 is 0. The molecule has 2 rings (SSSR count). The van der Waals surface area contributed by atoms with Crippen molar-refractivity contribution in [2.75, 3.05) is 7.11 Å². The van der Waals surface area contributed by atoms with Crippen LogP contribution < -0.4 is 10.4 Å². The lowest BCUT2D eigenvalue weighted by Crippen LogP contribution is -2.26. The minimum atomic E-state index is -0.538. The number of hydrogen-bond acceptors (Lipinski definition) is 4. The molecule has 1 heterocycles. The molecule has 0 aliphatic carbocycles. The van der Waals surface area contributed by atoms with Gasteiger partial charge in [0.2, 0.25) is 0 Å². The summed E-state index contributed by atoms with van der Waals surface area (Å²) in [7, 11) is 1.39. The molecule has 0 radical (unpaired) electrons. The summed E-state index contributed by atoms with van der Waals surface area (Å²) in [5.74, 6) is -0.690. The molecule has 0 saturated heterocycles. The van der Waals surface area contributed by atoms with Crippen molar-refractivity contribution in [2.24, 2.45) is 0 Å². The number of ketones is 1. The molecule has 0 atom stereocenters. The van der Waals surface area contributed by atoms with Gasteiger partial charge in [-0.05, 0) is 30.7 Å². The highest BCUT2D eigenvalue weighted by molar-refractivity contribution is 5.98. The molecule has 0 saturated carbocycles. The van der Waals surface area contributed by atoms with Crippen LogP contribution in [0, 0.1) is 12.7 Å². The van der Waals surface area contributed by atoms with Crippen LogP contribution >= 0.6 is 0 Å². The Morgan fingerprint density at radius 2 is 2.20 bits per heavy atom. The lowest BCUT2D eigenvalue weighted by molar-refractivity contribution is 0.0966. The maximum atomic E-state index is 13.2. The first-order valence-electron chi connectivity index (χ1n) is 5.91. The number of halogens is 1. The molecular formula is C14H13FN2O3. The van der Waals surface area contributed by atoms with Crippen molar-refractivity contribution in [1.82, 2.24) is 9.55 Å². The van der Waals surface area contributed by atoms with Crippen molar-refractivity contribution in [3.8, 4) is 5.75 Å². The lowest BCUT2D eigenvalue weighted by atomic mass is 10.1. The lowest BCUT2D eigenvalue weighted by Gasteiger charge is -2.09. The summed E-state index contributed by atoms with van der Waals surface area (Å²) in [6.45, 7) is 1.55. The number of Topliss-reactive ketones (excluding diaryl/α,β-unsaturated/α-hetero) is 1. The number of nitrogens with zero attached hydrogens (tertiary/aromatic N) is 2. The Bertz CT molecular complexity index is 710. The smallest absolute Gasteiger partial charge is 0.347 e. The summed E-state index contributed by atoms with van der Waals surface area (Å²) < 4.78 is 19.4. The molecule has 1 aromatic heterocycles. The van der Waals surface area contributed by atoms with Gasteiger partial charge in [0.25, 0.3) is 0 Å². The van der Waals surface area contributed by atoms with Crippen molar-refractivity contribution in [3.63, 3.8) is 0 Å². The van der Waals surface area contributed by atoms with Crippen molar-refractivity contribution in [2.45, 2.75) is 13.5 Å². The van der Waals surface area contributed by atoms with Gasteiger partial charge >= 0.3 is 5.69 Å². The van der Waals surface area contributed by atoms with Gasteiger partial charge in [-0.1, -0.05) is 0 Å². The Labute approximate surface area is 114 Å². The van der Waals surface area contributed by atoms with E-state index in [2.05, 4.69) is 4.98 Å². The summed E-state index contributed by atoms with van der Waals surface area (Å²) in [6.07, 6.45) is 2.95. The zero-order valence-corrected chi connectivity index (χ0v) is 11.1. The predicted molar refractivity (Wildman–Crippen MR) is 70.5 cm³/mol. The van der Waals surface area contributed by atoms with Gasteiger partial charge < -0.3 is 4.74 Å². The number of carbonyl (C=O) groups is 1. The Morgan fingerprint density at radius 3 is 2.90 bits per heavy atom. The molecule has 5 nitrogen and oxygen atoms in total. The van der Waals surface area contributed by atoms with Crippen molar-refractivity contribution >= 4 is 5.78 Å². The molecule has 0 fully saturated rings. The topological polar surface area (TPSA) is 61.2 Å². The Hall–Kier alpha value is -2.50. The second-order valence-electron chi connectivity index (χ2n) is 4.31. The molecule has 20 heavy (non-hydrogen) atoms. The highest BCUT2D eigenvalue weighted by Gasteiger charge is 2.14. The molecular weight excluding hydrogens is 263 g/mol. The van der Waals surface area contributed by atoms with E-state index >= 15 is 0 Å². The molecule has 104 valence electrons. The average molecular weight is 276 g/mol. The van der Waals surface area contributed by atoms with E-state index in [1.54, 1.807) is 6.92 Å². The van der Waals surface area contributed by atoms with Crippen LogP contribution in [-0.2, 0) is 6.54 Å². The number of aromatic nitrogens is 2. The quantitative estimate of drug-likeness (QED) is 0.795. The molecule has 0 aliphatic rings. The first kappa shape index (κ1) is 13.9. The van der Waals surface area contributed by atoms with Gasteiger partial charge in [0.15, 0.2) is 5.78 Å². The molecule has 6 heteroatoms. The van der Waals surface area contributed by atoms with Gasteiger partial charge in [-0.3, -0.25) is 9.36 Å². The summed E-state index contributed by atoms with van der Waals surface area (Å²) in [5.41, 5.74) is 0.323. The van der Waals surface area contributed by atoms with Gasteiger partial charge in [-0.2, -0.15) is 0 Å². The monoisotopic (exact) mass is 276 g/mol. The van der Waals surface area contributed by atoms with E-state index in [0.717, 1.165) is 11.6 Å². The fourth-order valence-corrected chi connectivity index (χ4v) is 1.82. The number of ether oxygens (including phenoxy) is 1. The van der Waals surface area contributed by atoms with Crippen molar-refractivity contribution < 1.29 is 13.9 Å². The van der Waals surface area contributed by atoms with E-state index in [9.17, 15) is 14.0 Å². The van der Waals surface area contributed by atoms with Gasteiger partial charge in [-0.15, -0.1) is 0 Å². The minimum absolute atomic E-state index is 0.0981. The second-order valence-corrected chi connectivity index (χ2v) is 4.31. The molecule has 0 spiro atoms.